The van der Waals surface area contributed by atoms with Crippen LogP contribution >= 0.6 is 12.2 Å². The third-order valence-corrected chi connectivity index (χ3v) is 1.58. The Labute approximate surface area is 90.9 Å². The number of thiocarbonyl (C=S) groups is 1. The summed E-state index contributed by atoms with van der Waals surface area (Å²) in [4.78, 5) is 9.88. The minimum Gasteiger partial charge on any atom is -0.375 e. The highest BCUT2D eigenvalue weighted by Gasteiger charge is 2.02. The monoisotopic (exact) mass is 224 g/mol. The third-order valence-electron chi connectivity index (χ3n) is 1.49. The number of nitrogens with zero attached hydrogens (tertiary/aromatic N) is 2. The summed E-state index contributed by atoms with van der Waals surface area (Å²) in [6, 6.07) is 5.93. The van der Waals surface area contributed by atoms with E-state index in [0.717, 1.165) is 0 Å². The van der Waals surface area contributed by atoms with Gasteiger partial charge >= 0.3 is 0 Å². The highest BCUT2D eigenvalue weighted by atomic mass is 32.1. The zero-order chi connectivity index (χ0) is 11.3. The lowest BCUT2D eigenvalue weighted by Crippen LogP contribution is -2.23. The van der Waals surface area contributed by atoms with Crippen LogP contribution in [0.3, 0.4) is 0 Å². The zero-order valence-electron chi connectivity index (χ0n) is 7.58. The van der Waals surface area contributed by atoms with Crippen LogP contribution in [0.1, 0.15) is 5.56 Å². The summed E-state index contributed by atoms with van der Waals surface area (Å²) in [5.41, 5.74) is 8.26. The Kier molecular flexibility index (Phi) is 3.69. The van der Waals surface area contributed by atoms with Gasteiger partial charge in [0.2, 0.25) is 0 Å². The number of non-ortho nitro benzene ring substituents is 1. The summed E-state index contributed by atoms with van der Waals surface area (Å²) < 4.78 is 0. The van der Waals surface area contributed by atoms with Crippen molar-refractivity contribution < 1.29 is 4.92 Å². The molecule has 0 aliphatic carbocycles. The van der Waals surface area contributed by atoms with Crippen LogP contribution in [0.4, 0.5) is 5.69 Å². The number of nitrogens with two attached hydrogens (primary N) is 1. The van der Waals surface area contributed by atoms with E-state index >= 15 is 0 Å². The molecule has 0 aromatic heterocycles. The predicted molar refractivity (Wildman–Crippen MR) is 60.6 cm³/mol. The smallest absolute Gasteiger partial charge is 0.269 e. The van der Waals surface area contributed by atoms with E-state index in [1.54, 1.807) is 12.1 Å². The quantitative estimate of drug-likeness (QED) is 0.342. The fraction of sp³-hybridized carbons (Fsp3) is 0. The van der Waals surface area contributed by atoms with Gasteiger partial charge in [-0.1, -0.05) is 0 Å². The second-order valence-corrected chi connectivity index (χ2v) is 3.02. The van der Waals surface area contributed by atoms with Crippen molar-refractivity contribution in [2.45, 2.75) is 0 Å². The van der Waals surface area contributed by atoms with Gasteiger partial charge in [0.05, 0.1) is 11.1 Å². The van der Waals surface area contributed by atoms with Crippen molar-refractivity contribution in [1.29, 1.82) is 0 Å². The van der Waals surface area contributed by atoms with Gasteiger partial charge in [0.1, 0.15) is 0 Å². The Bertz CT molecular complexity index is 402. The molecule has 0 spiro atoms. The molecule has 3 N–H and O–H groups in total. The SMILES string of the molecule is NC(=S)N/N=C\c1ccc([N+](=O)[O-])cc1. The minimum atomic E-state index is -0.464. The van der Waals surface area contributed by atoms with Gasteiger partial charge in [-0.3, -0.25) is 15.5 Å². The Hall–Kier alpha value is -2.02. The molecule has 0 atom stereocenters. The normalized spacial score (nSPS) is 10.1. The average molecular weight is 224 g/mol. The van der Waals surface area contributed by atoms with Crippen LogP contribution in [0, 0.1) is 10.1 Å². The molecule has 1 aromatic carbocycles. The molecule has 78 valence electrons. The molecule has 0 amide bonds. The predicted octanol–water partition coefficient (Wildman–Crippen LogP) is 0.762. The maximum Gasteiger partial charge on any atom is 0.269 e. The van der Waals surface area contributed by atoms with Crippen molar-refractivity contribution in [2.24, 2.45) is 10.8 Å². The van der Waals surface area contributed by atoms with E-state index in [1.807, 2.05) is 0 Å². The number of nitro benzene ring substituents is 1. The van der Waals surface area contributed by atoms with Gasteiger partial charge < -0.3 is 5.73 Å². The fourth-order valence-electron chi connectivity index (χ4n) is 0.853. The van der Waals surface area contributed by atoms with E-state index < -0.39 is 4.92 Å². The Morgan fingerprint density at radius 3 is 2.60 bits per heavy atom. The number of nitro groups is 1. The molecule has 6 nitrogen and oxygen atoms in total. The number of rotatable bonds is 3. The van der Waals surface area contributed by atoms with Crippen LogP contribution in [-0.2, 0) is 0 Å². The van der Waals surface area contributed by atoms with E-state index in [0.29, 0.717) is 5.56 Å². The van der Waals surface area contributed by atoms with Gasteiger partial charge in [0, 0.05) is 12.1 Å². The van der Waals surface area contributed by atoms with Gasteiger partial charge in [-0.2, -0.15) is 5.10 Å². The molecule has 0 aliphatic rings. The molecule has 0 saturated carbocycles. The standard InChI is InChI=1S/C8H8N4O2S/c9-8(15)11-10-5-6-1-3-7(4-2-6)12(13)14/h1-5H,(H3,9,11,15)/b10-5-. The summed E-state index contributed by atoms with van der Waals surface area (Å²) in [6.07, 6.45) is 1.46. The third kappa shape index (κ3) is 3.69. The highest BCUT2D eigenvalue weighted by Crippen LogP contribution is 2.10. The average Bonchev–Trinajstić information content (AvgIpc) is 2.18. The fourth-order valence-corrected chi connectivity index (χ4v) is 0.905. The van der Waals surface area contributed by atoms with Crippen LogP contribution in [0.5, 0.6) is 0 Å². The van der Waals surface area contributed by atoms with Gasteiger partial charge in [0.15, 0.2) is 5.11 Å². The lowest BCUT2D eigenvalue weighted by molar-refractivity contribution is -0.384. The van der Waals surface area contributed by atoms with Crippen LogP contribution in [0.2, 0.25) is 0 Å². The van der Waals surface area contributed by atoms with Crippen LogP contribution in [0.25, 0.3) is 0 Å². The minimum absolute atomic E-state index is 0.0365. The highest BCUT2D eigenvalue weighted by molar-refractivity contribution is 7.80. The van der Waals surface area contributed by atoms with E-state index in [1.165, 1.54) is 18.3 Å². The number of hydrazone groups is 1. The first kappa shape index (κ1) is 11.1. The largest absolute Gasteiger partial charge is 0.375 e. The van der Waals surface area contributed by atoms with Crippen molar-refractivity contribution >= 4 is 29.2 Å². The van der Waals surface area contributed by atoms with Gasteiger partial charge in [0.25, 0.3) is 5.69 Å². The molecule has 7 heteroatoms. The first-order valence-corrected chi connectivity index (χ1v) is 4.33. The van der Waals surface area contributed by atoms with E-state index in [9.17, 15) is 10.1 Å². The van der Waals surface area contributed by atoms with E-state index in [4.69, 9.17) is 5.73 Å². The van der Waals surface area contributed by atoms with Crippen molar-refractivity contribution in [1.82, 2.24) is 5.43 Å². The molecule has 0 heterocycles. The van der Waals surface area contributed by atoms with Gasteiger partial charge in [-0.05, 0) is 29.9 Å². The van der Waals surface area contributed by atoms with Crippen molar-refractivity contribution in [3.05, 3.63) is 39.9 Å². The molecule has 0 aliphatic heterocycles. The van der Waals surface area contributed by atoms with Crippen molar-refractivity contribution in [3.8, 4) is 0 Å². The summed E-state index contributed by atoms with van der Waals surface area (Å²) in [5, 5.41) is 14.1. The zero-order valence-corrected chi connectivity index (χ0v) is 8.40. The molecule has 0 fully saturated rings. The topological polar surface area (TPSA) is 93.5 Å². The number of nitrogens with one attached hydrogen (secondary N) is 1. The first-order chi connectivity index (χ1) is 7.09. The molecule has 0 bridgehead atoms. The lowest BCUT2D eigenvalue weighted by atomic mass is 10.2. The molecular weight excluding hydrogens is 216 g/mol. The molecular formula is C8H8N4O2S. The van der Waals surface area contributed by atoms with Crippen LogP contribution < -0.4 is 11.2 Å². The van der Waals surface area contributed by atoms with Crippen LogP contribution in [-0.4, -0.2) is 16.3 Å². The number of hydrogen-bond acceptors (Lipinski definition) is 4. The van der Waals surface area contributed by atoms with Crippen LogP contribution in [0.15, 0.2) is 29.4 Å². The van der Waals surface area contributed by atoms with E-state index in [-0.39, 0.29) is 10.8 Å². The first-order valence-electron chi connectivity index (χ1n) is 3.92. The number of hydrogen-bond donors (Lipinski definition) is 2. The molecule has 0 radical (unpaired) electrons. The number of benzene rings is 1. The summed E-state index contributed by atoms with van der Waals surface area (Å²) in [5.74, 6) is 0. The van der Waals surface area contributed by atoms with Crippen molar-refractivity contribution in [2.75, 3.05) is 0 Å². The molecule has 15 heavy (non-hydrogen) atoms. The Morgan fingerprint density at radius 1 is 1.53 bits per heavy atom. The molecule has 0 unspecified atom stereocenters. The molecule has 0 saturated heterocycles. The summed E-state index contributed by atoms with van der Waals surface area (Å²) in [7, 11) is 0. The second-order valence-electron chi connectivity index (χ2n) is 2.58. The van der Waals surface area contributed by atoms with Crippen molar-refractivity contribution in [3.63, 3.8) is 0 Å². The summed E-state index contributed by atoms with van der Waals surface area (Å²) >= 11 is 4.53. The van der Waals surface area contributed by atoms with E-state index in [2.05, 4.69) is 22.7 Å². The Morgan fingerprint density at radius 2 is 2.13 bits per heavy atom. The maximum atomic E-state index is 10.3. The maximum absolute atomic E-state index is 10.3. The molecule has 1 rings (SSSR count). The summed E-state index contributed by atoms with van der Waals surface area (Å²) in [6.45, 7) is 0. The molecule has 1 aromatic rings. The van der Waals surface area contributed by atoms with Gasteiger partial charge in [-0.15, -0.1) is 0 Å². The van der Waals surface area contributed by atoms with Gasteiger partial charge in [-0.25, -0.2) is 0 Å². The lowest BCUT2D eigenvalue weighted by Gasteiger charge is -1.94. The Balaban J connectivity index is 2.68. The second kappa shape index (κ2) is 5.01.